The summed E-state index contributed by atoms with van der Waals surface area (Å²) in [7, 11) is -2.12. The minimum atomic E-state index is -3.87. The first kappa shape index (κ1) is 25.9. The Balaban J connectivity index is 3.24. The van der Waals surface area contributed by atoms with E-state index in [2.05, 4.69) is 12.2 Å². The Morgan fingerprint density at radius 2 is 1.04 bits per heavy atom. The summed E-state index contributed by atoms with van der Waals surface area (Å²) in [5.41, 5.74) is 0. The summed E-state index contributed by atoms with van der Waals surface area (Å²) in [6.07, 6.45) is 22.3. The fourth-order valence-electron chi connectivity index (χ4n) is 3.50. The van der Waals surface area contributed by atoms with E-state index in [1.807, 2.05) is 0 Å². The minimum Gasteiger partial charge on any atom is -0.316 e. The first-order valence-electron chi connectivity index (χ1n) is 11.1. The topological polar surface area (TPSA) is 66.4 Å². The Hall–Kier alpha value is -0.130. The van der Waals surface area contributed by atoms with Gasteiger partial charge in [-0.05, 0) is 13.5 Å². The largest absolute Gasteiger partial charge is 0.316 e. The van der Waals surface area contributed by atoms with Gasteiger partial charge in [-0.15, -0.1) is 0 Å². The second-order valence-corrected chi connectivity index (χ2v) is 9.32. The third-order valence-electron chi connectivity index (χ3n) is 5.23. The summed E-state index contributed by atoms with van der Waals surface area (Å²) in [5.74, 6) is -0.178. The van der Waals surface area contributed by atoms with E-state index in [1.54, 1.807) is 7.05 Å². The molecular weight excluding hydrogens is 346 g/mol. The van der Waals surface area contributed by atoms with Crippen LogP contribution >= 0.6 is 0 Å². The number of unbranched alkanes of at least 4 members (excludes halogenated alkanes) is 15. The molecule has 0 spiro atoms. The van der Waals surface area contributed by atoms with E-state index < -0.39 is 10.1 Å². The van der Waals surface area contributed by atoms with Crippen molar-refractivity contribution in [1.29, 1.82) is 0 Å². The summed E-state index contributed by atoms with van der Waals surface area (Å²) < 4.78 is 30.7. The van der Waals surface area contributed by atoms with Gasteiger partial charge in [-0.1, -0.05) is 110 Å². The highest BCUT2D eigenvalue weighted by Crippen LogP contribution is 2.14. The molecule has 0 saturated heterocycles. The Bertz CT molecular complexity index is 385. The van der Waals surface area contributed by atoms with Crippen molar-refractivity contribution in [2.45, 2.75) is 122 Å². The second-order valence-electron chi connectivity index (χ2n) is 7.83. The van der Waals surface area contributed by atoms with Gasteiger partial charge in [0.05, 0.1) is 5.75 Å². The second kappa shape index (κ2) is 18.2. The highest BCUT2D eigenvalue weighted by Gasteiger charge is 2.14. The molecule has 0 aromatic rings. The van der Waals surface area contributed by atoms with Gasteiger partial charge in [0.25, 0.3) is 10.1 Å². The molecule has 0 saturated carbocycles. The molecule has 0 aliphatic carbocycles. The summed E-state index contributed by atoms with van der Waals surface area (Å²) in [4.78, 5) is 0. The predicted molar refractivity (Wildman–Crippen MR) is 113 cm³/mol. The van der Waals surface area contributed by atoms with Crippen LogP contribution in [0.25, 0.3) is 0 Å². The van der Waals surface area contributed by atoms with Crippen LogP contribution in [0.15, 0.2) is 0 Å². The first-order valence-corrected chi connectivity index (χ1v) is 12.7. The summed E-state index contributed by atoms with van der Waals surface area (Å²) in [6.45, 7) is 2.27. The molecule has 0 aliphatic rings. The molecule has 0 amide bonds. The third-order valence-corrected chi connectivity index (χ3v) is 6.05. The first-order chi connectivity index (χ1) is 12.5. The van der Waals surface area contributed by atoms with Gasteiger partial charge in [0.1, 0.15) is 0 Å². The molecule has 0 aromatic heterocycles. The highest BCUT2D eigenvalue weighted by molar-refractivity contribution is 7.85. The van der Waals surface area contributed by atoms with Crippen molar-refractivity contribution in [3.8, 4) is 0 Å². The monoisotopic (exact) mass is 391 g/mol. The van der Waals surface area contributed by atoms with Crippen LogP contribution in [-0.2, 0) is 10.1 Å². The van der Waals surface area contributed by atoms with Gasteiger partial charge in [-0.3, -0.25) is 4.55 Å². The molecular formula is C21H45NO3S. The van der Waals surface area contributed by atoms with Gasteiger partial charge in [-0.25, -0.2) is 0 Å². The molecule has 0 aliphatic heterocycles. The highest BCUT2D eigenvalue weighted by atomic mass is 32.2. The van der Waals surface area contributed by atoms with Gasteiger partial charge in [-0.2, -0.15) is 8.42 Å². The summed E-state index contributed by atoms with van der Waals surface area (Å²) in [6, 6.07) is -0.128. The van der Waals surface area contributed by atoms with E-state index in [9.17, 15) is 8.42 Å². The number of nitrogens with one attached hydrogen (secondary N) is 1. The average Bonchev–Trinajstić information content (AvgIpc) is 2.59. The zero-order valence-electron chi connectivity index (χ0n) is 17.5. The van der Waals surface area contributed by atoms with Crippen LogP contribution in [0.5, 0.6) is 0 Å². The maximum atomic E-state index is 10.9. The molecule has 1 atom stereocenters. The van der Waals surface area contributed by atoms with Crippen LogP contribution in [0.3, 0.4) is 0 Å². The summed E-state index contributed by atoms with van der Waals surface area (Å²) in [5, 5.41) is 2.97. The van der Waals surface area contributed by atoms with Gasteiger partial charge in [0.2, 0.25) is 0 Å². The van der Waals surface area contributed by atoms with Crippen molar-refractivity contribution in [3.05, 3.63) is 0 Å². The zero-order chi connectivity index (χ0) is 19.5. The van der Waals surface area contributed by atoms with Crippen molar-refractivity contribution >= 4 is 10.1 Å². The van der Waals surface area contributed by atoms with Crippen molar-refractivity contribution < 1.29 is 13.0 Å². The molecule has 5 heteroatoms. The van der Waals surface area contributed by atoms with Crippen molar-refractivity contribution in [3.63, 3.8) is 0 Å². The fraction of sp³-hybridized carbons (Fsp3) is 1.00. The molecule has 0 bridgehead atoms. The van der Waals surface area contributed by atoms with E-state index in [4.69, 9.17) is 4.55 Å². The van der Waals surface area contributed by atoms with Crippen LogP contribution in [0.2, 0.25) is 0 Å². The lowest BCUT2D eigenvalue weighted by Crippen LogP contribution is -2.32. The van der Waals surface area contributed by atoms with Gasteiger partial charge < -0.3 is 5.32 Å². The van der Waals surface area contributed by atoms with E-state index in [-0.39, 0.29) is 11.8 Å². The van der Waals surface area contributed by atoms with Gasteiger partial charge in [0.15, 0.2) is 0 Å². The van der Waals surface area contributed by atoms with Crippen molar-refractivity contribution in [1.82, 2.24) is 5.32 Å². The van der Waals surface area contributed by atoms with E-state index in [1.165, 1.54) is 89.9 Å². The average molecular weight is 392 g/mol. The molecule has 4 nitrogen and oxygen atoms in total. The third kappa shape index (κ3) is 20.2. The van der Waals surface area contributed by atoms with E-state index >= 15 is 0 Å². The van der Waals surface area contributed by atoms with E-state index in [0.717, 1.165) is 19.3 Å². The summed E-state index contributed by atoms with van der Waals surface area (Å²) >= 11 is 0. The normalized spacial score (nSPS) is 13.2. The van der Waals surface area contributed by atoms with Crippen LogP contribution < -0.4 is 5.32 Å². The molecule has 0 radical (unpaired) electrons. The van der Waals surface area contributed by atoms with Crippen LogP contribution in [0.4, 0.5) is 0 Å². The van der Waals surface area contributed by atoms with E-state index in [0.29, 0.717) is 0 Å². The number of hydrogen-bond acceptors (Lipinski definition) is 3. The SMILES string of the molecule is CCCCCCCCCCCCCCCCCCC(CS(=O)(=O)O)NC. The van der Waals surface area contributed by atoms with Crippen LogP contribution in [0, 0.1) is 0 Å². The molecule has 0 fully saturated rings. The van der Waals surface area contributed by atoms with Gasteiger partial charge >= 0.3 is 0 Å². The molecule has 0 rings (SSSR count). The molecule has 158 valence electrons. The van der Waals surface area contributed by atoms with Crippen LogP contribution in [0.1, 0.15) is 116 Å². The zero-order valence-corrected chi connectivity index (χ0v) is 18.3. The lowest BCUT2D eigenvalue weighted by atomic mass is 10.0. The molecule has 26 heavy (non-hydrogen) atoms. The minimum absolute atomic E-state index is 0.128. The maximum absolute atomic E-state index is 10.9. The van der Waals surface area contributed by atoms with Crippen molar-refractivity contribution in [2.24, 2.45) is 0 Å². The Morgan fingerprint density at radius 1 is 0.692 bits per heavy atom. The Morgan fingerprint density at radius 3 is 1.35 bits per heavy atom. The lowest BCUT2D eigenvalue weighted by Gasteiger charge is -2.13. The Labute approximate surface area is 163 Å². The molecule has 0 aromatic carbocycles. The quantitative estimate of drug-likeness (QED) is 0.194. The maximum Gasteiger partial charge on any atom is 0.266 e. The standard InChI is InChI=1S/C21H45NO3S/c1-3-4-5-6-7-8-9-10-11-12-13-14-15-16-17-18-19-21(22-2)20-26(23,24)25/h21-22H,3-20H2,1-2H3,(H,23,24,25). The number of rotatable bonds is 20. The molecule has 0 heterocycles. The smallest absolute Gasteiger partial charge is 0.266 e. The van der Waals surface area contributed by atoms with Crippen molar-refractivity contribution in [2.75, 3.05) is 12.8 Å². The predicted octanol–water partition coefficient (Wildman–Crippen LogP) is 6.11. The lowest BCUT2D eigenvalue weighted by molar-refractivity contribution is 0.455. The molecule has 2 N–H and O–H groups in total. The van der Waals surface area contributed by atoms with Gasteiger partial charge in [0, 0.05) is 6.04 Å². The fourth-order valence-corrected chi connectivity index (χ4v) is 4.35. The molecule has 1 unspecified atom stereocenters. The Kier molecular flexibility index (Phi) is 18.2. The number of hydrogen-bond donors (Lipinski definition) is 2. The van der Waals surface area contributed by atoms with Crippen LogP contribution in [-0.4, -0.2) is 31.8 Å².